The van der Waals surface area contributed by atoms with Crippen LogP contribution < -0.4 is 0 Å². The molecule has 2 heteroatoms. The lowest BCUT2D eigenvalue weighted by Gasteiger charge is -2.06. The second kappa shape index (κ2) is 9.96. The van der Waals surface area contributed by atoms with Crippen LogP contribution in [0.5, 0.6) is 0 Å². The van der Waals surface area contributed by atoms with Gasteiger partial charge < -0.3 is 0 Å². The Kier molecular flexibility index (Phi) is 8.48. The highest BCUT2D eigenvalue weighted by atomic mass is 32.1. The van der Waals surface area contributed by atoms with Crippen molar-refractivity contribution in [1.29, 1.82) is 0 Å². The van der Waals surface area contributed by atoms with Crippen molar-refractivity contribution in [2.45, 2.75) is 65.2 Å². The lowest BCUT2D eigenvalue weighted by atomic mass is 10.00. The van der Waals surface area contributed by atoms with E-state index >= 15 is 0 Å². The van der Waals surface area contributed by atoms with E-state index in [2.05, 4.69) is 19.9 Å². The van der Waals surface area contributed by atoms with Crippen molar-refractivity contribution in [3.8, 4) is 0 Å². The van der Waals surface area contributed by atoms with Crippen LogP contribution in [0.4, 0.5) is 0 Å². The molecule has 0 atom stereocenters. The van der Waals surface area contributed by atoms with Crippen molar-refractivity contribution in [3.05, 3.63) is 34.0 Å². The Balaban J connectivity index is 2.43. The van der Waals surface area contributed by atoms with E-state index in [9.17, 15) is 4.79 Å². The Bertz CT molecular complexity index is 376. The molecule has 1 rings (SSSR count). The molecule has 106 valence electrons. The van der Waals surface area contributed by atoms with Gasteiger partial charge in [-0.2, -0.15) is 0 Å². The average Bonchev–Trinajstić information content (AvgIpc) is 2.95. The molecule has 0 radical (unpaired) electrons. The molecule has 1 nitrogen and oxygen atoms in total. The molecule has 0 N–H and O–H groups in total. The van der Waals surface area contributed by atoms with Gasteiger partial charge in [0.25, 0.3) is 0 Å². The summed E-state index contributed by atoms with van der Waals surface area (Å²) in [6.45, 7) is 4.44. The standard InChI is InChI=1S/C17H26OS/c1-3-5-7-10-15(9-6-4-2)12-13-16(18)17-11-8-14-19-17/h8,10-11,14H,3-7,9,12-13H2,1-2H3/b15-10+. The van der Waals surface area contributed by atoms with Crippen LogP contribution in [0.15, 0.2) is 29.2 Å². The largest absolute Gasteiger partial charge is 0.293 e. The number of unbranched alkanes of at least 4 members (excludes halogenated alkanes) is 3. The number of Topliss-reactive ketones (excluding diaryl/α,β-unsaturated/α-hetero) is 1. The van der Waals surface area contributed by atoms with Crippen molar-refractivity contribution >= 4 is 17.1 Å². The third-order valence-corrected chi connectivity index (χ3v) is 4.22. The van der Waals surface area contributed by atoms with Gasteiger partial charge >= 0.3 is 0 Å². The number of carbonyl (C=O) groups is 1. The van der Waals surface area contributed by atoms with Crippen molar-refractivity contribution in [3.63, 3.8) is 0 Å². The molecule has 19 heavy (non-hydrogen) atoms. The minimum absolute atomic E-state index is 0.299. The molecule has 0 fully saturated rings. The third kappa shape index (κ3) is 6.72. The maximum atomic E-state index is 12.0. The summed E-state index contributed by atoms with van der Waals surface area (Å²) in [6.07, 6.45) is 11.3. The molecular formula is C17H26OS. The molecule has 1 aromatic rings. The van der Waals surface area contributed by atoms with Crippen LogP contribution in [-0.2, 0) is 0 Å². The second-order valence-electron chi connectivity index (χ2n) is 5.01. The van der Waals surface area contributed by atoms with Crippen LogP contribution >= 0.6 is 11.3 Å². The van der Waals surface area contributed by atoms with Crippen molar-refractivity contribution in [2.24, 2.45) is 0 Å². The van der Waals surface area contributed by atoms with Gasteiger partial charge in [0.05, 0.1) is 4.88 Å². The summed E-state index contributed by atoms with van der Waals surface area (Å²) in [7, 11) is 0. The highest BCUT2D eigenvalue weighted by molar-refractivity contribution is 7.12. The van der Waals surface area contributed by atoms with Gasteiger partial charge in [-0.05, 0) is 37.1 Å². The molecule has 0 aliphatic heterocycles. The number of allylic oxidation sites excluding steroid dienone is 2. The van der Waals surface area contributed by atoms with Gasteiger partial charge in [0.15, 0.2) is 5.78 Å². The smallest absolute Gasteiger partial charge is 0.173 e. The van der Waals surface area contributed by atoms with Crippen molar-refractivity contribution in [1.82, 2.24) is 0 Å². The molecule has 0 saturated carbocycles. The first kappa shape index (κ1) is 16.2. The fourth-order valence-corrected chi connectivity index (χ4v) is 2.77. The SMILES string of the molecule is CCCC/C=C(\CCCC)CCC(=O)c1cccs1. The van der Waals surface area contributed by atoms with Crippen molar-refractivity contribution < 1.29 is 4.79 Å². The number of carbonyl (C=O) groups excluding carboxylic acids is 1. The Labute approximate surface area is 121 Å². The van der Waals surface area contributed by atoms with E-state index in [0.717, 1.165) is 17.7 Å². The first-order valence-electron chi connectivity index (χ1n) is 7.52. The molecule has 0 amide bonds. The van der Waals surface area contributed by atoms with Crippen LogP contribution in [0.25, 0.3) is 0 Å². The fraction of sp³-hybridized carbons (Fsp3) is 0.588. The Morgan fingerprint density at radius 3 is 2.58 bits per heavy atom. The van der Waals surface area contributed by atoms with E-state index in [-0.39, 0.29) is 0 Å². The lowest BCUT2D eigenvalue weighted by Crippen LogP contribution is -1.97. The number of hydrogen-bond donors (Lipinski definition) is 0. The fourth-order valence-electron chi connectivity index (χ4n) is 2.08. The molecule has 0 aliphatic carbocycles. The molecule has 0 aliphatic rings. The van der Waals surface area contributed by atoms with Gasteiger partial charge in [-0.15, -0.1) is 11.3 Å². The minimum atomic E-state index is 0.299. The Morgan fingerprint density at radius 2 is 1.95 bits per heavy atom. The predicted molar refractivity (Wildman–Crippen MR) is 85.0 cm³/mol. The minimum Gasteiger partial charge on any atom is -0.293 e. The van der Waals surface area contributed by atoms with Crippen LogP contribution in [0.2, 0.25) is 0 Å². The Hall–Kier alpha value is -0.890. The molecule has 0 saturated heterocycles. The van der Waals surface area contributed by atoms with E-state index in [1.54, 1.807) is 11.3 Å². The van der Waals surface area contributed by atoms with Gasteiger partial charge in [0, 0.05) is 6.42 Å². The van der Waals surface area contributed by atoms with Crippen LogP contribution in [0.1, 0.15) is 74.9 Å². The Morgan fingerprint density at radius 1 is 1.16 bits per heavy atom. The molecule has 0 bridgehead atoms. The molecule has 0 aromatic carbocycles. The maximum Gasteiger partial charge on any atom is 0.173 e. The summed E-state index contributed by atoms with van der Waals surface area (Å²) in [6, 6.07) is 3.88. The topological polar surface area (TPSA) is 17.1 Å². The van der Waals surface area contributed by atoms with Gasteiger partial charge in [-0.25, -0.2) is 0 Å². The summed E-state index contributed by atoms with van der Waals surface area (Å²) in [5, 5.41) is 1.97. The molecule has 0 spiro atoms. The first-order chi connectivity index (χ1) is 9.27. The van der Waals surface area contributed by atoms with Gasteiger partial charge in [-0.1, -0.05) is 50.8 Å². The van der Waals surface area contributed by atoms with E-state index in [0.29, 0.717) is 12.2 Å². The number of hydrogen-bond acceptors (Lipinski definition) is 2. The summed E-state index contributed by atoms with van der Waals surface area (Å²) in [5.74, 6) is 0.299. The zero-order valence-electron chi connectivity index (χ0n) is 12.3. The van der Waals surface area contributed by atoms with Crippen molar-refractivity contribution in [2.75, 3.05) is 0 Å². The predicted octanol–water partition coefficient (Wildman–Crippen LogP) is 6.02. The van der Waals surface area contributed by atoms with Gasteiger partial charge in [0.2, 0.25) is 0 Å². The summed E-state index contributed by atoms with van der Waals surface area (Å²) < 4.78 is 0. The van der Waals surface area contributed by atoms with Crippen LogP contribution in [0.3, 0.4) is 0 Å². The van der Waals surface area contributed by atoms with E-state index in [1.165, 1.54) is 37.7 Å². The monoisotopic (exact) mass is 278 g/mol. The van der Waals surface area contributed by atoms with E-state index < -0.39 is 0 Å². The molecule has 1 heterocycles. The van der Waals surface area contributed by atoms with Crippen LogP contribution in [-0.4, -0.2) is 5.78 Å². The number of thiophene rings is 1. The van der Waals surface area contributed by atoms with Gasteiger partial charge in [-0.3, -0.25) is 4.79 Å². The number of ketones is 1. The summed E-state index contributed by atoms with van der Waals surface area (Å²) in [4.78, 5) is 12.9. The molecule has 0 unspecified atom stereocenters. The zero-order valence-corrected chi connectivity index (χ0v) is 13.1. The first-order valence-corrected chi connectivity index (χ1v) is 8.40. The highest BCUT2D eigenvalue weighted by Gasteiger charge is 2.07. The van der Waals surface area contributed by atoms with Crippen LogP contribution in [0, 0.1) is 0 Å². The second-order valence-corrected chi connectivity index (χ2v) is 5.96. The van der Waals surface area contributed by atoms with E-state index in [1.807, 2.05) is 17.5 Å². The average molecular weight is 278 g/mol. The highest BCUT2D eigenvalue weighted by Crippen LogP contribution is 2.19. The van der Waals surface area contributed by atoms with Gasteiger partial charge in [0.1, 0.15) is 0 Å². The normalized spacial score (nSPS) is 11.8. The quantitative estimate of drug-likeness (QED) is 0.290. The maximum absolute atomic E-state index is 12.0. The zero-order chi connectivity index (χ0) is 13.9. The summed E-state index contributed by atoms with van der Waals surface area (Å²) >= 11 is 1.55. The lowest BCUT2D eigenvalue weighted by molar-refractivity contribution is 0.0986. The number of rotatable bonds is 10. The molecular weight excluding hydrogens is 252 g/mol. The van der Waals surface area contributed by atoms with E-state index in [4.69, 9.17) is 0 Å². The summed E-state index contributed by atoms with van der Waals surface area (Å²) in [5.41, 5.74) is 1.49. The molecule has 1 aromatic heterocycles. The third-order valence-electron chi connectivity index (χ3n) is 3.31.